The summed E-state index contributed by atoms with van der Waals surface area (Å²) >= 11 is 6.30. The maximum absolute atomic E-state index is 14.3. The number of nitrogens with zero attached hydrogens (tertiary/aromatic N) is 1. The standard InChI is InChI=1S/C31H40ClN3O4/c1-17-8-7-11-23(19(17)3)34-29(37)27-31-15-14-24(39-31)25(28(36)33-20-13-12-18(2)22(32)16-20)26(31)30(38)35(27)21-9-5-4-6-10-21/h12-17,19,21,23-27H,4-11H2,1-3H3,(H,33,36)(H,34,37)/t17-,19+,23-,24-,25+,26-,27-,31-/m1/s1. The number of hydrogen-bond acceptors (Lipinski definition) is 4. The fourth-order valence-electron chi connectivity index (χ4n) is 7.90. The van der Waals surface area contributed by atoms with Crippen LogP contribution in [0.25, 0.3) is 0 Å². The second kappa shape index (κ2) is 10.2. The van der Waals surface area contributed by atoms with Gasteiger partial charge in [0.1, 0.15) is 11.6 Å². The number of ether oxygens (including phenoxy) is 1. The van der Waals surface area contributed by atoms with Gasteiger partial charge >= 0.3 is 0 Å². The smallest absolute Gasteiger partial charge is 0.246 e. The number of benzene rings is 1. The Morgan fingerprint density at radius 2 is 1.82 bits per heavy atom. The topological polar surface area (TPSA) is 87.7 Å². The number of anilines is 1. The summed E-state index contributed by atoms with van der Waals surface area (Å²) in [5, 5.41) is 6.89. The van der Waals surface area contributed by atoms with Crippen LogP contribution in [0.2, 0.25) is 5.02 Å². The van der Waals surface area contributed by atoms with Crippen molar-refractivity contribution >= 4 is 35.0 Å². The van der Waals surface area contributed by atoms with Crippen LogP contribution in [-0.2, 0) is 19.1 Å². The number of carbonyl (C=O) groups excluding carboxylic acids is 3. The van der Waals surface area contributed by atoms with E-state index in [4.69, 9.17) is 16.3 Å². The van der Waals surface area contributed by atoms with Gasteiger partial charge in [0.2, 0.25) is 17.7 Å². The van der Waals surface area contributed by atoms with Crippen LogP contribution in [0.3, 0.4) is 0 Å². The summed E-state index contributed by atoms with van der Waals surface area (Å²) in [7, 11) is 0. The quantitative estimate of drug-likeness (QED) is 0.502. The van der Waals surface area contributed by atoms with E-state index in [1.165, 1.54) is 6.42 Å². The van der Waals surface area contributed by atoms with Gasteiger partial charge < -0.3 is 20.3 Å². The van der Waals surface area contributed by atoms with Gasteiger partial charge in [-0.2, -0.15) is 0 Å². The summed E-state index contributed by atoms with van der Waals surface area (Å²) in [4.78, 5) is 44.0. The number of nitrogens with one attached hydrogen (secondary N) is 2. The van der Waals surface area contributed by atoms with Crippen molar-refractivity contribution in [3.63, 3.8) is 0 Å². The number of amides is 3. The summed E-state index contributed by atoms with van der Waals surface area (Å²) in [6.07, 6.45) is 11.4. The summed E-state index contributed by atoms with van der Waals surface area (Å²) in [5.41, 5.74) is 0.379. The highest BCUT2D eigenvalue weighted by Crippen LogP contribution is 2.56. The highest BCUT2D eigenvalue weighted by atomic mass is 35.5. The number of carbonyl (C=O) groups is 3. The molecule has 4 fully saturated rings. The van der Waals surface area contributed by atoms with E-state index in [0.29, 0.717) is 22.5 Å². The van der Waals surface area contributed by atoms with Crippen molar-refractivity contribution in [3.05, 3.63) is 40.9 Å². The lowest BCUT2D eigenvalue weighted by Gasteiger charge is -2.40. The molecule has 2 saturated carbocycles. The lowest BCUT2D eigenvalue weighted by atomic mass is 9.73. The van der Waals surface area contributed by atoms with Crippen molar-refractivity contribution in [1.29, 1.82) is 0 Å². The molecule has 2 bridgehead atoms. The Morgan fingerprint density at radius 1 is 1.05 bits per heavy atom. The molecule has 2 aliphatic carbocycles. The number of likely N-dealkylation sites (tertiary alicyclic amines) is 1. The Labute approximate surface area is 236 Å². The fraction of sp³-hybridized carbons (Fsp3) is 0.645. The zero-order valence-electron chi connectivity index (χ0n) is 23.1. The first-order valence-electron chi connectivity index (χ1n) is 14.8. The molecule has 3 amide bonds. The molecule has 8 atom stereocenters. The molecule has 8 heteroatoms. The van der Waals surface area contributed by atoms with Crippen LogP contribution in [0, 0.1) is 30.6 Å². The molecule has 2 saturated heterocycles. The lowest BCUT2D eigenvalue weighted by molar-refractivity contribution is -0.145. The minimum Gasteiger partial charge on any atom is -0.359 e. The van der Waals surface area contributed by atoms with Gasteiger partial charge in [0.15, 0.2) is 0 Å². The van der Waals surface area contributed by atoms with Gasteiger partial charge in [0.05, 0.1) is 17.9 Å². The first-order chi connectivity index (χ1) is 18.7. The molecular weight excluding hydrogens is 514 g/mol. The third-order valence-electron chi connectivity index (χ3n) is 10.3. The predicted octanol–water partition coefficient (Wildman–Crippen LogP) is 5.01. The number of halogens is 1. The van der Waals surface area contributed by atoms with E-state index in [9.17, 15) is 14.4 Å². The molecule has 7 nitrogen and oxygen atoms in total. The molecule has 39 heavy (non-hydrogen) atoms. The SMILES string of the molecule is Cc1ccc(NC(=O)[C@H]2[C@H]3C=C[C@@]4(O3)[C@H]2C(=O)N(C2CCCCC2)[C@@H]4C(=O)N[C@@H]2CCC[C@@H](C)[C@@H]2C)cc1Cl. The van der Waals surface area contributed by atoms with Crippen molar-refractivity contribution < 1.29 is 19.1 Å². The molecule has 1 aromatic carbocycles. The van der Waals surface area contributed by atoms with Crippen LogP contribution in [0.4, 0.5) is 5.69 Å². The van der Waals surface area contributed by atoms with Gasteiger partial charge in [-0.1, -0.05) is 75.8 Å². The third-order valence-corrected chi connectivity index (χ3v) is 10.7. The van der Waals surface area contributed by atoms with Crippen molar-refractivity contribution in [3.8, 4) is 0 Å². The molecule has 1 aromatic rings. The molecule has 0 unspecified atom stereocenters. The van der Waals surface area contributed by atoms with E-state index < -0.39 is 29.6 Å². The van der Waals surface area contributed by atoms with Gasteiger partial charge in [-0.3, -0.25) is 14.4 Å². The molecular formula is C31H40ClN3O4. The molecule has 0 aromatic heterocycles. The van der Waals surface area contributed by atoms with Crippen LogP contribution < -0.4 is 10.6 Å². The molecule has 2 N–H and O–H groups in total. The number of hydrogen-bond donors (Lipinski definition) is 2. The third kappa shape index (κ3) is 4.40. The van der Waals surface area contributed by atoms with Gasteiger partial charge in [-0.05, 0) is 55.7 Å². The van der Waals surface area contributed by atoms with Gasteiger partial charge in [0, 0.05) is 22.8 Å². The van der Waals surface area contributed by atoms with Crippen molar-refractivity contribution in [2.45, 2.75) is 102 Å². The molecule has 6 rings (SSSR count). The first kappa shape index (κ1) is 26.8. The average Bonchev–Trinajstić information content (AvgIpc) is 3.56. The second-order valence-corrected chi connectivity index (χ2v) is 13.0. The Morgan fingerprint density at radius 3 is 2.56 bits per heavy atom. The zero-order chi connectivity index (χ0) is 27.5. The Hall–Kier alpha value is -2.38. The maximum Gasteiger partial charge on any atom is 0.246 e. The molecule has 5 aliphatic rings. The minimum atomic E-state index is -1.13. The molecule has 3 heterocycles. The molecule has 1 spiro atoms. The molecule has 0 radical (unpaired) electrons. The Bertz CT molecular complexity index is 1200. The van der Waals surface area contributed by atoms with Crippen LogP contribution in [-0.4, -0.2) is 52.5 Å². The van der Waals surface area contributed by atoms with Crippen LogP contribution >= 0.6 is 11.6 Å². The number of fused-ring (bicyclic) bond motifs is 1. The van der Waals surface area contributed by atoms with Crippen molar-refractivity contribution in [2.24, 2.45) is 23.7 Å². The van der Waals surface area contributed by atoms with E-state index in [2.05, 4.69) is 24.5 Å². The summed E-state index contributed by atoms with van der Waals surface area (Å²) in [5.74, 6) is -1.07. The monoisotopic (exact) mass is 553 g/mol. The van der Waals surface area contributed by atoms with Gasteiger partial charge in [0.25, 0.3) is 0 Å². The Kier molecular flexibility index (Phi) is 7.03. The van der Waals surface area contributed by atoms with Crippen LogP contribution in [0.1, 0.15) is 70.8 Å². The first-order valence-corrected chi connectivity index (χ1v) is 15.2. The Balaban J connectivity index is 1.31. The summed E-state index contributed by atoms with van der Waals surface area (Å²) in [6.45, 7) is 6.37. The van der Waals surface area contributed by atoms with Gasteiger partial charge in [-0.25, -0.2) is 0 Å². The fourth-order valence-corrected chi connectivity index (χ4v) is 8.08. The van der Waals surface area contributed by atoms with E-state index in [1.54, 1.807) is 6.07 Å². The summed E-state index contributed by atoms with van der Waals surface area (Å²) in [6, 6.07) is 4.69. The zero-order valence-corrected chi connectivity index (χ0v) is 23.9. The van der Waals surface area contributed by atoms with Crippen LogP contribution in [0.5, 0.6) is 0 Å². The highest BCUT2D eigenvalue weighted by Gasteiger charge is 2.73. The highest BCUT2D eigenvalue weighted by molar-refractivity contribution is 6.31. The maximum atomic E-state index is 14.3. The minimum absolute atomic E-state index is 0.0136. The number of rotatable bonds is 5. The van der Waals surface area contributed by atoms with Crippen LogP contribution in [0.15, 0.2) is 30.4 Å². The van der Waals surface area contributed by atoms with E-state index >= 15 is 0 Å². The largest absolute Gasteiger partial charge is 0.359 e. The van der Waals surface area contributed by atoms with E-state index in [0.717, 1.165) is 50.5 Å². The normalized spacial score (nSPS) is 37.7. The predicted molar refractivity (Wildman–Crippen MR) is 150 cm³/mol. The number of aryl methyl sites for hydroxylation is 1. The summed E-state index contributed by atoms with van der Waals surface area (Å²) < 4.78 is 6.54. The van der Waals surface area contributed by atoms with Crippen molar-refractivity contribution in [1.82, 2.24) is 10.2 Å². The lowest BCUT2D eigenvalue weighted by Crippen LogP contribution is -2.59. The second-order valence-electron chi connectivity index (χ2n) is 12.6. The van der Waals surface area contributed by atoms with E-state index in [-0.39, 0.29) is 29.8 Å². The van der Waals surface area contributed by atoms with E-state index in [1.807, 2.05) is 36.1 Å². The molecule has 210 valence electrons. The van der Waals surface area contributed by atoms with Crippen molar-refractivity contribution in [2.75, 3.05) is 5.32 Å². The average molecular weight is 554 g/mol. The molecule has 3 aliphatic heterocycles. The van der Waals surface area contributed by atoms with Gasteiger partial charge in [-0.15, -0.1) is 0 Å².